The van der Waals surface area contributed by atoms with Crippen LogP contribution in [0.4, 0.5) is 15.3 Å². The molecule has 7 nitrogen and oxygen atoms in total. The van der Waals surface area contributed by atoms with E-state index in [4.69, 9.17) is 17.3 Å². The third-order valence-corrected chi connectivity index (χ3v) is 3.31. The molecule has 0 aliphatic rings. The van der Waals surface area contributed by atoms with Crippen LogP contribution in [-0.4, -0.2) is 37.1 Å². The van der Waals surface area contributed by atoms with Gasteiger partial charge in [-0.05, 0) is 25.0 Å². The van der Waals surface area contributed by atoms with Crippen LogP contribution in [-0.2, 0) is 9.53 Å². The highest BCUT2D eigenvalue weighted by Crippen LogP contribution is 2.26. The maximum absolute atomic E-state index is 12.5. The maximum Gasteiger partial charge on any atom is 0.421 e. The first-order valence-electron chi connectivity index (χ1n) is 6.45. The molecule has 0 fully saturated rings. The lowest BCUT2D eigenvalue weighted by molar-refractivity contribution is -0.117. The maximum atomic E-state index is 12.5. The molecular formula is C14H18ClN3O4. The van der Waals surface area contributed by atoms with Gasteiger partial charge in [-0.2, -0.15) is 0 Å². The normalized spacial score (nSPS) is 11.5. The molecule has 1 atom stereocenters. The number of halogens is 1. The quantitative estimate of drug-likeness (QED) is 0.821. The molecule has 0 aromatic heterocycles. The molecule has 0 spiro atoms. The SMILES string of the molecule is COC(=O)N(C(=O)C(Cl)CNC(N)=O)c1c(C)cccc1C. The molecule has 1 unspecified atom stereocenters. The fourth-order valence-electron chi connectivity index (χ4n) is 1.96. The van der Waals surface area contributed by atoms with Crippen LogP contribution in [0.2, 0.25) is 0 Å². The molecule has 0 saturated carbocycles. The zero-order valence-electron chi connectivity index (χ0n) is 12.6. The van der Waals surface area contributed by atoms with Gasteiger partial charge in [0.15, 0.2) is 0 Å². The van der Waals surface area contributed by atoms with E-state index in [1.54, 1.807) is 32.0 Å². The van der Waals surface area contributed by atoms with Crippen LogP contribution in [0.25, 0.3) is 0 Å². The number of amides is 4. The summed E-state index contributed by atoms with van der Waals surface area (Å²) >= 11 is 5.96. The van der Waals surface area contributed by atoms with E-state index < -0.39 is 23.4 Å². The predicted molar refractivity (Wildman–Crippen MR) is 83.0 cm³/mol. The van der Waals surface area contributed by atoms with E-state index in [-0.39, 0.29) is 6.54 Å². The molecule has 0 bridgehead atoms. The number of primary amides is 1. The van der Waals surface area contributed by atoms with E-state index in [0.717, 1.165) is 4.90 Å². The third-order valence-electron chi connectivity index (χ3n) is 2.96. The number of para-hydroxylation sites is 1. The van der Waals surface area contributed by atoms with E-state index in [1.165, 1.54) is 7.11 Å². The first-order chi connectivity index (χ1) is 10.3. The fourth-order valence-corrected chi connectivity index (χ4v) is 2.13. The molecule has 8 heteroatoms. The number of nitrogens with zero attached hydrogens (tertiary/aromatic N) is 1. The Hall–Kier alpha value is -2.28. The van der Waals surface area contributed by atoms with Crippen molar-refractivity contribution in [2.24, 2.45) is 5.73 Å². The molecule has 0 saturated heterocycles. The number of alkyl halides is 1. The molecule has 0 radical (unpaired) electrons. The first kappa shape index (κ1) is 17.8. The number of imide groups is 1. The molecule has 1 aromatic carbocycles. The van der Waals surface area contributed by atoms with Gasteiger partial charge in [-0.3, -0.25) is 4.79 Å². The summed E-state index contributed by atoms with van der Waals surface area (Å²) in [4.78, 5) is 36.0. The molecule has 3 N–H and O–H groups in total. The van der Waals surface area contributed by atoms with E-state index >= 15 is 0 Å². The number of nitrogens with one attached hydrogen (secondary N) is 1. The highest BCUT2D eigenvalue weighted by molar-refractivity contribution is 6.36. The topological polar surface area (TPSA) is 102 Å². The number of ether oxygens (including phenoxy) is 1. The Labute approximate surface area is 133 Å². The second kappa shape index (κ2) is 7.65. The summed E-state index contributed by atoms with van der Waals surface area (Å²) in [6.07, 6.45) is -0.855. The van der Waals surface area contributed by atoms with E-state index in [1.807, 2.05) is 0 Å². The number of urea groups is 1. The first-order valence-corrected chi connectivity index (χ1v) is 6.88. The minimum absolute atomic E-state index is 0.200. The molecule has 0 aliphatic heterocycles. The standard InChI is InChI=1S/C14H18ClN3O4/c1-8-5-4-6-9(2)11(8)18(14(21)22-3)12(19)10(15)7-17-13(16)20/h4-6,10H,7H2,1-3H3,(H3,16,17,20). The zero-order chi connectivity index (χ0) is 16.9. The molecule has 1 aromatic rings. The molecule has 0 heterocycles. The van der Waals surface area contributed by atoms with Gasteiger partial charge in [-0.15, -0.1) is 11.6 Å². The fraction of sp³-hybridized carbons (Fsp3) is 0.357. The van der Waals surface area contributed by atoms with Crippen LogP contribution in [0.3, 0.4) is 0 Å². The Balaban J connectivity index is 3.16. The van der Waals surface area contributed by atoms with Crippen molar-refractivity contribution >= 4 is 35.3 Å². The van der Waals surface area contributed by atoms with Crippen molar-refractivity contribution in [2.45, 2.75) is 19.2 Å². The molecule has 1 rings (SSSR count). The Kier molecular flexibility index (Phi) is 6.18. The number of anilines is 1. The summed E-state index contributed by atoms with van der Waals surface area (Å²) in [5, 5.41) is 1.06. The van der Waals surface area contributed by atoms with E-state index in [0.29, 0.717) is 16.8 Å². The van der Waals surface area contributed by atoms with Crippen LogP contribution in [0, 0.1) is 13.8 Å². The van der Waals surface area contributed by atoms with E-state index in [9.17, 15) is 14.4 Å². The van der Waals surface area contributed by atoms with Crippen molar-refractivity contribution in [3.8, 4) is 0 Å². The molecule has 22 heavy (non-hydrogen) atoms. The number of nitrogens with two attached hydrogens (primary N) is 1. The summed E-state index contributed by atoms with van der Waals surface area (Å²) in [5.41, 5.74) is 6.77. The second-order valence-electron chi connectivity index (χ2n) is 4.60. The van der Waals surface area contributed by atoms with Gasteiger partial charge < -0.3 is 15.8 Å². The van der Waals surface area contributed by atoms with Gasteiger partial charge in [-0.1, -0.05) is 18.2 Å². The summed E-state index contributed by atoms with van der Waals surface area (Å²) in [5.74, 6) is -0.709. The molecule has 120 valence electrons. The van der Waals surface area contributed by atoms with Crippen LogP contribution >= 0.6 is 11.6 Å². The largest absolute Gasteiger partial charge is 0.452 e. The molecule has 0 aliphatic carbocycles. The Bertz CT molecular complexity index is 571. The Morgan fingerprint density at radius 2 is 1.86 bits per heavy atom. The van der Waals surface area contributed by atoms with Gasteiger partial charge in [0.25, 0.3) is 5.91 Å². The minimum atomic E-state index is -1.16. The van der Waals surface area contributed by atoms with E-state index in [2.05, 4.69) is 10.1 Å². The minimum Gasteiger partial charge on any atom is -0.452 e. The Morgan fingerprint density at radius 1 is 1.32 bits per heavy atom. The number of carbonyl (C=O) groups is 3. The van der Waals surface area contributed by atoms with Crippen LogP contribution in [0.1, 0.15) is 11.1 Å². The van der Waals surface area contributed by atoms with Crippen LogP contribution < -0.4 is 16.0 Å². The molecular weight excluding hydrogens is 310 g/mol. The third kappa shape index (κ3) is 4.11. The summed E-state index contributed by atoms with van der Waals surface area (Å²) in [6.45, 7) is 3.32. The van der Waals surface area contributed by atoms with Gasteiger partial charge in [0, 0.05) is 6.54 Å². The van der Waals surface area contributed by atoms with Crippen LogP contribution in [0.5, 0.6) is 0 Å². The number of carbonyl (C=O) groups excluding carboxylic acids is 3. The highest BCUT2D eigenvalue weighted by atomic mass is 35.5. The summed E-state index contributed by atoms with van der Waals surface area (Å²) in [7, 11) is 1.17. The monoisotopic (exact) mass is 327 g/mol. The van der Waals surface area contributed by atoms with Gasteiger partial charge in [0.1, 0.15) is 5.38 Å². The summed E-state index contributed by atoms with van der Waals surface area (Å²) in [6, 6.07) is 4.52. The van der Waals surface area contributed by atoms with Gasteiger partial charge >= 0.3 is 12.1 Å². The average molecular weight is 328 g/mol. The lowest BCUT2D eigenvalue weighted by Crippen LogP contribution is -2.46. The molecule has 4 amide bonds. The van der Waals surface area contributed by atoms with Gasteiger partial charge in [0.05, 0.1) is 12.8 Å². The number of benzene rings is 1. The van der Waals surface area contributed by atoms with Gasteiger partial charge in [0.2, 0.25) is 0 Å². The van der Waals surface area contributed by atoms with Crippen molar-refractivity contribution in [1.82, 2.24) is 5.32 Å². The van der Waals surface area contributed by atoms with Crippen molar-refractivity contribution in [3.63, 3.8) is 0 Å². The van der Waals surface area contributed by atoms with Crippen molar-refractivity contribution in [1.29, 1.82) is 0 Å². The van der Waals surface area contributed by atoms with Crippen LogP contribution in [0.15, 0.2) is 18.2 Å². The second-order valence-corrected chi connectivity index (χ2v) is 5.12. The average Bonchev–Trinajstić information content (AvgIpc) is 2.47. The number of hydrogen-bond donors (Lipinski definition) is 2. The number of rotatable bonds is 4. The lowest BCUT2D eigenvalue weighted by atomic mass is 10.1. The number of hydrogen-bond acceptors (Lipinski definition) is 4. The highest BCUT2D eigenvalue weighted by Gasteiger charge is 2.31. The van der Waals surface area contributed by atoms with Gasteiger partial charge in [-0.25, -0.2) is 14.5 Å². The Morgan fingerprint density at radius 3 is 2.32 bits per heavy atom. The van der Waals surface area contributed by atoms with Crippen molar-refractivity contribution in [2.75, 3.05) is 18.6 Å². The number of methoxy groups -OCH3 is 1. The predicted octanol–water partition coefficient (Wildman–Crippen LogP) is 1.68. The van der Waals surface area contributed by atoms with Crippen molar-refractivity contribution < 1.29 is 19.1 Å². The van der Waals surface area contributed by atoms with Crippen molar-refractivity contribution in [3.05, 3.63) is 29.3 Å². The summed E-state index contributed by atoms with van der Waals surface area (Å²) < 4.78 is 4.67. The lowest BCUT2D eigenvalue weighted by Gasteiger charge is -2.25. The number of aryl methyl sites for hydroxylation is 2. The smallest absolute Gasteiger partial charge is 0.421 e. The zero-order valence-corrected chi connectivity index (χ0v) is 13.3.